The molecule has 0 spiro atoms. The second kappa shape index (κ2) is 8.28. The molecule has 150 valence electrons. The van der Waals surface area contributed by atoms with Crippen molar-refractivity contribution in [3.8, 4) is 0 Å². The number of para-hydroxylation sites is 1. The Balaban J connectivity index is 1.76. The highest BCUT2D eigenvalue weighted by atomic mass is 32.2. The molecule has 6 nitrogen and oxygen atoms in total. The SMILES string of the molecule is CC(C)N1CCN(C(=O)c2cccc(S(=O)(=O)Nc3ccccc3F)c2)CC1. The Morgan fingerprint density at radius 1 is 1.04 bits per heavy atom. The van der Waals surface area contributed by atoms with Crippen molar-refractivity contribution in [3.05, 3.63) is 59.9 Å². The Hall–Kier alpha value is -2.45. The quantitative estimate of drug-likeness (QED) is 0.831. The zero-order valence-corrected chi connectivity index (χ0v) is 16.7. The van der Waals surface area contributed by atoms with Crippen molar-refractivity contribution in [2.75, 3.05) is 30.9 Å². The van der Waals surface area contributed by atoms with E-state index in [1.165, 1.54) is 42.5 Å². The number of hydrogen-bond acceptors (Lipinski definition) is 4. The predicted molar refractivity (Wildman–Crippen MR) is 106 cm³/mol. The van der Waals surface area contributed by atoms with E-state index >= 15 is 0 Å². The lowest BCUT2D eigenvalue weighted by atomic mass is 10.1. The lowest BCUT2D eigenvalue weighted by Crippen LogP contribution is -2.50. The summed E-state index contributed by atoms with van der Waals surface area (Å²) in [4.78, 5) is 16.7. The molecule has 0 radical (unpaired) electrons. The molecule has 2 aromatic carbocycles. The van der Waals surface area contributed by atoms with Crippen LogP contribution in [0.2, 0.25) is 0 Å². The average molecular weight is 405 g/mol. The minimum absolute atomic E-state index is 0.0811. The fraction of sp³-hybridized carbons (Fsp3) is 0.350. The number of benzene rings is 2. The van der Waals surface area contributed by atoms with Crippen LogP contribution in [-0.2, 0) is 10.0 Å². The Bertz CT molecular complexity index is 955. The molecule has 0 atom stereocenters. The van der Waals surface area contributed by atoms with Crippen molar-refractivity contribution in [2.45, 2.75) is 24.8 Å². The molecule has 0 unspecified atom stereocenters. The lowest BCUT2D eigenvalue weighted by Gasteiger charge is -2.37. The molecule has 1 aliphatic rings. The number of carbonyl (C=O) groups is 1. The minimum Gasteiger partial charge on any atom is -0.336 e. The summed E-state index contributed by atoms with van der Waals surface area (Å²) in [6.45, 7) is 7.01. The van der Waals surface area contributed by atoms with Crippen LogP contribution in [0.3, 0.4) is 0 Å². The van der Waals surface area contributed by atoms with Gasteiger partial charge in [0.1, 0.15) is 5.82 Å². The number of amides is 1. The largest absolute Gasteiger partial charge is 0.336 e. The van der Waals surface area contributed by atoms with Crippen molar-refractivity contribution in [2.24, 2.45) is 0 Å². The van der Waals surface area contributed by atoms with Gasteiger partial charge in [-0.1, -0.05) is 18.2 Å². The molecule has 0 aliphatic carbocycles. The van der Waals surface area contributed by atoms with Crippen molar-refractivity contribution >= 4 is 21.6 Å². The Morgan fingerprint density at radius 3 is 2.36 bits per heavy atom. The summed E-state index contributed by atoms with van der Waals surface area (Å²) in [7, 11) is -4.01. The summed E-state index contributed by atoms with van der Waals surface area (Å²) >= 11 is 0. The third-order valence-corrected chi connectivity index (χ3v) is 6.20. The van der Waals surface area contributed by atoms with Crippen LogP contribution >= 0.6 is 0 Å². The molecule has 1 N–H and O–H groups in total. The Kier molecular flexibility index (Phi) is 6.00. The number of rotatable bonds is 5. The zero-order chi connectivity index (χ0) is 20.3. The van der Waals surface area contributed by atoms with Gasteiger partial charge in [0.25, 0.3) is 15.9 Å². The van der Waals surface area contributed by atoms with Gasteiger partial charge in [-0.3, -0.25) is 14.4 Å². The van der Waals surface area contributed by atoms with Crippen LogP contribution in [-0.4, -0.2) is 56.3 Å². The van der Waals surface area contributed by atoms with E-state index in [1.807, 2.05) is 0 Å². The van der Waals surface area contributed by atoms with E-state index in [9.17, 15) is 17.6 Å². The van der Waals surface area contributed by atoms with E-state index in [2.05, 4.69) is 23.5 Å². The highest BCUT2D eigenvalue weighted by molar-refractivity contribution is 7.92. The van der Waals surface area contributed by atoms with Crippen LogP contribution in [0, 0.1) is 5.82 Å². The summed E-state index contributed by atoms with van der Waals surface area (Å²) in [5, 5.41) is 0. The topological polar surface area (TPSA) is 69.7 Å². The van der Waals surface area contributed by atoms with Crippen LogP contribution in [0.15, 0.2) is 53.4 Å². The molecule has 1 aliphatic heterocycles. The summed E-state index contributed by atoms with van der Waals surface area (Å²) in [6.07, 6.45) is 0. The summed E-state index contributed by atoms with van der Waals surface area (Å²) in [5.41, 5.74) is 0.165. The normalized spacial score (nSPS) is 15.6. The number of anilines is 1. The molecule has 1 amide bonds. The van der Waals surface area contributed by atoms with E-state index in [-0.39, 0.29) is 16.5 Å². The maximum Gasteiger partial charge on any atom is 0.262 e. The van der Waals surface area contributed by atoms with Crippen LogP contribution in [0.25, 0.3) is 0 Å². The number of hydrogen-bond donors (Lipinski definition) is 1. The summed E-state index contributed by atoms with van der Waals surface area (Å²) < 4.78 is 41.2. The average Bonchev–Trinajstić information content (AvgIpc) is 2.69. The number of piperazine rings is 1. The van der Waals surface area contributed by atoms with E-state index in [0.29, 0.717) is 24.7 Å². The van der Waals surface area contributed by atoms with Gasteiger partial charge in [-0.25, -0.2) is 12.8 Å². The molecular formula is C20H24FN3O3S. The molecule has 1 saturated heterocycles. The molecule has 0 aromatic heterocycles. The van der Waals surface area contributed by atoms with E-state index in [4.69, 9.17) is 0 Å². The van der Waals surface area contributed by atoms with Gasteiger partial charge in [-0.05, 0) is 44.2 Å². The van der Waals surface area contributed by atoms with Gasteiger partial charge in [0.2, 0.25) is 0 Å². The van der Waals surface area contributed by atoms with Gasteiger partial charge in [-0.2, -0.15) is 0 Å². The van der Waals surface area contributed by atoms with Gasteiger partial charge < -0.3 is 4.90 Å². The Labute approximate surface area is 165 Å². The maximum atomic E-state index is 13.8. The van der Waals surface area contributed by atoms with Crippen LogP contribution in [0.4, 0.5) is 10.1 Å². The van der Waals surface area contributed by atoms with Gasteiger partial charge in [-0.15, -0.1) is 0 Å². The van der Waals surface area contributed by atoms with Crippen molar-refractivity contribution < 1.29 is 17.6 Å². The molecule has 0 bridgehead atoms. The smallest absolute Gasteiger partial charge is 0.262 e. The first-order valence-electron chi connectivity index (χ1n) is 9.18. The number of halogens is 1. The van der Waals surface area contributed by atoms with Crippen molar-refractivity contribution in [1.82, 2.24) is 9.80 Å². The van der Waals surface area contributed by atoms with Crippen LogP contribution in [0.1, 0.15) is 24.2 Å². The number of carbonyl (C=O) groups excluding carboxylic acids is 1. The molecule has 2 aromatic rings. The number of nitrogens with one attached hydrogen (secondary N) is 1. The number of sulfonamides is 1. The van der Waals surface area contributed by atoms with Gasteiger partial charge in [0.15, 0.2) is 0 Å². The molecule has 3 rings (SSSR count). The van der Waals surface area contributed by atoms with E-state index in [1.54, 1.807) is 11.0 Å². The second-order valence-corrected chi connectivity index (χ2v) is 8.72. The van der Waals surface area contributed by atoms with Crippen LogP contribution in [0.5, 0.6) is 0 Å². The zero-order valence-electron chi connectivity index (χ0n) is 15.9. The minimum atomic E-state index is -4.01. The van der Waals surface area contributed by atoms with Crippen LogP contribution < -0.4 is 4.72 Å². The predicted octanol–water partition coefficient (Wildman–Crippen LogP) is 2.79. The van der Waals surface area contributed by atoms with Crippen molar-refractivity contribution in [3.63, 3.8) is 0 Å². The first-order chi connectivity index (χ1) is 13.3. The third kappa shape index (κ3) is 4.51. The third-order valence-electron chi connectivity index (χ3n) is 4.84. The molecule has 0 saturated carbocycles. The first kappa shape index (κ1) is 20.3. The van der Waals surface area contributed by atoms with Gasteiger partial charge >= 0.3 is 0 Å². The maximum absolute atomic E-state index is 13.8. The van der Waals surface area contributed by atoms with Gasteiger partial charge in [0.05, 0.1) is 10.6 Å². The standard InChI is InChI=1S/C20H24FN3O3S/c1-15(2)23-10-12-24(13-11-23)20(25)16-6-5-7-17(14-16)28(26,27)22-19-9-4-3-8-18(19)21/h3-9,14-15,22H,10-13H2,1-2H3. The second-order valence-electron chi connectivity index (χ2n) is 7.04. The summed E-state index contributed by atoms with van der Waals surface area (Å²) in [6, 6.07) is 11.8. The fourth-order valence-electron chi connectivity index (χ4n) is 3.17. The van der Waals surface area contributed by atoms with Crippen molar-refractivity contribution in [1.29, 1.82) is 0 Å². The fourth-order valence-corrected chi connectivity index (χ4v) is 4.28. The summed E-state index contributed by atoms with van der Waals surface area (Å²) in [5.74, 6) is -0.868. The van der Waals surface area contributed by atoms with E-state index in [0.717, 1.165) is 13.1 Å². The molecular weight excluding hydrogens is 381 g/mol. The highest BCUT2D eigenvalue weighted by Gasteiger charge is 2.24. The van der Waals surface area contributed by atoms with Gasteiger partial charge in [0, 0.05) is 37.8 Å². The monoisotopic (exact) mass is 405 g/mol. The molecule has 8 heteroatoms. The van der Waals surface area contributed by atoms with E-state index < -0.39 is 15.8 Å². The first-order valence-corrected chi connectivity index (χ1v) is 10.7. The Morgan fingerprint density at radius 2 is 1.71 bits per heavy atom. The molecule has 1 heterocycles. The number of nitrogens with zero attached hydrogens (tertiary/aromatic N) is 2. The molecule has 28 heavy (non-hydrogen) atoms. The molecule has 1 fully saturated rings. The highest BCUT2D eigenvalue weighted by Crippen LogP contribution is 2.20. The lowest BCUT2D eigenvalue weighted by molar-refractivity contribution is 0.0595.